The minimum absolute atomic E-state index is 0.0164. The molecule has 0 saturated heterocycles. The summed E-state index contributed by atoms with van der Waals surface area (Å²) < 4.78 is 29.1. The summed E-state index contributed by atoms with van der Waals surface area (Å²) in [5, 5.41) is 5.25. The van der Waals surface area contributed by atoms with Crippen LogP contribution in [0.2, 0.25) is 0 Å². The Hall–Kier alpha value is -2.99. The Kier molecular flexibility index (Phi) is 4.86. The largest absolute Gasteiger partial charge is 0.358 e. The Bertz CT molecular complexity index is 1090. The Labute approximate surface area is 152 Å². The number of hydrogen-bond donors (Lipinski definition) is 0. The van der Waals surface area contributed by atoms with E-state index in [4.69, 9.17) is 4.28 Å². The van der Waals surface area contributed by atoms with Crippen LogP contribution in [0, 0.1) is 6.92 Å². The Morgan fingerprint density at radius 3 is 2.31 bits per heavy atom. The Morgan fingerprint density at radius 1 is 0.923 bits per heavy atom. The number of hydrogen-bond acceptors (Lipinski definition) is 5. The molecule has 0 atom stereocenters. The van der Waals surface area contributed by atoms with E-state index in [1.54, 1.807) is 24.3 Å². The van der Waals surface area contributed by atoms with Crippen molar-refractivity contribution in [1.29, 1.82) is 0 Å². The van der Waals surface area contributed by atoms with E-state index >= 15 is 0 Å². The summed E-state index contributed by atoms with van der Waals surface area (Å²) in [6, 6.07) is 19.0. The number of aryl methyl sites for hydroxylation is 1. The van der Waals surface area contributed by atoms with Crippen molar-refractivity contribution in [2.75, 3.05) is 0 Å². The molecule has 0 heterocycles. The summed E-state index contributed by atoms with van der Waals surface area (Å²) in [7, 11) is -4.07. The summed E-state index contributed by atoms with van der Waals surface area (Å²) in [5.41, 5.74) is 1.33. The molecule has 0 aliphatic rings. The first-order chi connectivity index (χ1) is 12.4. The number of nitrogens with zero attached hydrogens (tertiary/aromatic N) is 1. The van der Waals surface area contributed by atoms with Crippen molar-refractivity contribution in [2.45, 2.75) is 18.7 Å². The first kappa shape index (κ1) is 17.8. The first-order valence-corrected chi connectivity index (χ1v) is 9.37. The topological polar surface area (TPSA) is 72.8 Å². The maximum absolute atomic E-state index is 12.7. The van der Waals surface area contributed by atoms with Gasteiger partial charge in [0.05, 0.1) is 0 Å². The van der Waals surface area contributed by atoms with Crippen LogP contribution in [0.5, 0.6) is 0 Å². The third-order valence-electron chi connectivity index (χ3n) is 3.94. The molecule has 3 rings (SSSR count). The fraction of sp³-hybridized carbons (Fsp3) is 0.100. The van der Waals surface area contributed by atoms with Gasteiger partial charge in [-0.1, -0.05) is 65.3 Å². The van der Waals surface area contributed by atoms with Crippen molar-refractivity contribution in [3.05, 3.63) is 77.9 Å². The van der Waals surface area contributed by atoms with E-state index in [1.165, 1.54) is 19.1 Å². The van der Waals surface area contributed by atoms with Crippen molar-refractivity contribution >= 4 is 32.4 Å². The van der Waals surface area contributed by atoms with Crippen LogP contribution in [0.4, 0.5) is 0 Å². The van der Waals surface area contributed by atoms with Crippen LogP contribution in [-0.2, 0) is 14.4 Å². The second-order valence-electron chi connectivity index (χ2n) is 5.87. The highest BCUT2D eigenvalue weighted by Crippen LogP contribution is 2.20. The quantitative estimate of drug-likeness (QED) is 0.386. The molecule has 5 nitrogen and oxygen atoms in total. The zero-order valence-corrected chi connectivity index (χ0v) is 15.2. The molecular weight excluding hydrogens is 350 g/mol. The average molecular weight is 367 g/mol. The molecule has 0 aliphatic heterocycles. The van der Waals surface area contributed by atoms with E-state index in [0.29, 0.717) is 5.56 Å². The van der Waals surface area contributed by atoms with Gasteiger partial charge in [0.25, 0.3) is 0 Å². The minimum Gasteiger partial charge on any atom is -0.287 e. The molecule has 0 N–H and O–H groups in total. The lowest BCUT2D eigenvalue weighted by Gasteiger charge is -2.06. The molecule has 132 valence electrons. The van der Waals surface area contributed by atoms with Crippen LogP contribution in [0.15, 0.2) is 76.8 Å². The smallest absolute Gasteiger partial charge is 0.287 e. The molecule has 26 heavy (non-hydrogen) atoms. The fourth-order valence-corrected chi connectivity index (χ4v) is 3.28. The van der Waals surface area contributed by atoms with Gasteiger partial charge in [0, 0.05) is 5.56 Å². The van der Waals surface area contributed by atoms with Crippen molar-refractivity contribution < 1.29 is 17.5 Å². The summed E-state index contributed by atoms with van der Waals surface area (Å²) in [5.74, 6) is -0.388. The third-order valence-corrected chi connectivity index (χ3v) is 5.07. The lowest BCUT2D eigenvalue weighted by Crippen LogP contribution is -2.13. The summed E-state index contributed by atoms with van der Waals surface area (Å²) in [4.78, 5) is 12.6. The number of rotatable bonds is 5. The SMILES string of the molecule is C/C(=N\OS(=O)(=O)c1ccc(C)cc1)C(=O)c1cccc2ccccc12. The molecule has 0 unspecified atom stereocenters. The summed E-state index contributed by atoms with van der Waals surface area (Å²) in [6.45, 7) is 3.27. The molecule has 0 bridgehead atoms. The summed E-state index contributed by atoms with van der Waals surface area (Å²) >= 11 is 0. The van der Waals surface area contributed by atoms with Gasteiger partial charge in [-0.3, -0.25) is 9.08 Å². The lowest BCUT2D eigenvalue weighted by atomic mass is 10.00. The molecule has 0 amide bonds. The highest BCUT2D eigenvalue weighted by molar-refractivity contribution is 7.86. The molecule has 0 aromatic heterocycles. The van der Waals surface area contributed by atoms with Gasteiger partial charge in [0.1, 0.15) is 10.6 Å². The molecule has 0 spiro atoms. The van der Waals surface area contributed by atoms with Gasteiger partial charge in [-0.2, -0.15) is 8.42 Å². The number of oxime groups is 1. The van der Waals surface area contributed by atoms with Crippen LogP contribution in [0.25, 0.3) is 10.8 Å². The molecular formula is C20H17NO4S. The van der Waals surface area contributed by atoms with E-state index in [-0.39, 0.29) is 16.4 Å². The molecule has 0 aliphatic carbocycles. The van der Waals surface area contributed by atoms with E-state index < -0.39 is 10.1 Å². The first-order valence-electron chi connectivity index (χ1n) is 7.96. The molecule has 0 radical (unpaired) electrons. The van der Waals surface area contributed by atoms with Gasteiger partial charge in [-0.05, 0) is 36.8 Å². The molecule has 0 fully saturated rings. The fourth-order valence-electron chi connectivity index (χ4n) is 2.51. The van der Waals surface area contributed by atoms with Gasteiger partial charge in [-0.25, -0.2) is 0 Å². The lowest BCUT2D eigenvalue weighted by molar-refractivity contribution is 0.106. The van der Waals surface area contributed by atoms with Gasteiger partial charge < -0.3 is 0 Å². The number of carbonyl (C=O) groups excluding carboxylic acids is 1. The minimum atomic E-state index is -4.07. The predicted molar refractivity (Wildman–Crippen MR) is 101 cm³/mol. The number of Topliss-reactive ketones (excluding diaryl/α,β-unsaturated/α-hetero) is 1. The standard InChI is InChI=1S/C20H17NO4S/c1-14-10-12-17(13-11-14)26(23,24)25-21-15(2)20(22)19-9-5-7-16-6-3-4-8-18(16)19/h3-13H,1-2H3/b21-15+. The van der Waals surface area contributed by atoms with Crippen molar-refractivity contribution in [1.82, 2.24) is 0 Å². The highest BCUT2D eigenvalue weighted by Gasteiger charge is 2.18. The average Bonchev–Trinajstić information content (AvgIpc) is 2.65. The van der Waals surface area contributed by atoms with E-state index in [9.17, 15) is 13.2 Å². The number of carbonyl (C=O) groups is 1. The van der Waals surface area contributed by atoms with Crippen molar-refractivity contribution in [2.24, 2.45) is 5.16 Å². The molecule has 6 heteroatoms. The summed E-state index contributed by atoms with van der Waals surface area (Å²) in [6.07, 6.45) is 0. The normalized spacial score (nSPS) is 12.2. The van der Waals surface area contributed by atoms with Gasteiger partial charge in [-0.15, -0.1) is 0 Å². The second-order valence-corrected chi connectivity index (χ2v) is 7.40. The van der Waals surface area contributed by atoms with Gasteiger partial charge in [0.15, 0.2) is 0 Å². The number of fused-ring (bicyclic) bond motifs is 1. The third kappa shape index (κ3) is 3.65. The van der Waals surface area contributed by atoms with Crippen LogP contribution in [0.3, 0.4) is 0 Å². The van der Waals surface area contributed by atoms with Crippen LogP contribution < -0.4 is 0 Å². The van der Waals surface area contributed by atoms with Crippen LogP contribution in [0.1, 0.15) is 22.8 Å². The molecule has 0 saturated carbocycles. The predicted octanol–water partition coefficient (Wildman–Crippen LogP) is 4.11. The zero-order chi connectivity index (χ0) is 18.7. The Balaban J connectivity index is 1.87. The molecule has 3 aromatic rings. The zero-order valence-electron chi connectivity index (χ0n) is 14.3. The number of ketones is 1. The van der Waals surface area contributed by atoms with E-state index in [2.05, 4.69) is 5.16 Å². The maximum Gasteiger partial charge on any atom is 0.358 e. The van der Waals surface area contributed by atoms with Gasteiger partial charge in [0.2, 0.25) is 5.78 Å². The highest BCUT2D eigenvalue weighted by atomic mass is 32.2. The van der Waals surface area contributed by atoms with E-state index in [1.807, 2.05) is 37.3 Å². The Morgan fingerprint density at radius 2 is 1.58 bits per heavy atom. The monoisotopic (exact) mass is 367 g/mol. The second kappa shape index (κ2) is 7.09. The maximum atomic E-state index is 12.7. The molecule has 3 aromatic carbocycles. The van der Waals surface area contributed by atoms with Crippen molar-refractivity contribution in [3.63, 3.8) is 0 Å². The van der Waals surface area contributed by atoms with Crippen LogP contribution in [-0.4, -0.2) is 19.9 Å². The van der Waals surface area contributed by atoms with Crippen LogP contribution >= 0.6 is 0 Å². The van der Waals surface area contributed by atoms with Crippen molar-refractivity contribution in [3.8, 4) is 0 Å². The number of benzene rings is 3. The van der Waals surface area contributed by atoms with Gasteiger partial charge >= 0.3 is 10.1 Å². The van der Waals surface area contributed by atoms with E-state index in [0.717, 1.165) is 16.3 Å².